The Morgan fingerprint density at radius 3 is 2.52 bits per heavy atom. The van der Waals surface area contributed by atoms with Crippen LogP contribution in [0, 0.1) is 6.92 Å². The van der Waals surface area contributed by atoms with Crippen LogP contribution < -0.4 is 10.2 Å². The molecule has 2 heterocycles. The Kier molecular flexibility index (Phi) is 5.17. The highest BCUT2D eigenvalue weighted by Crippen LogP contribution is 2.45. The summed E-state index contributed by atoms with van der Waals surface area (Å²) in [5.74, 6) is -0.943. The number of nitrogens with one attached hydrogen (secondary N) is 1. The molecule has 0 saturated carbocycles. The van der Waals surface area contributed by atoms with Gasteiger partial charge in [0, 0.05) is 19.4 Å². The molecular weight excluding hydrogens is 438 g/mol. The highest BCUT2D eigenvalue weighted by Gasteiger charge is 2.60. The lowest BCUT2D eigenvalue weighted by molar-refractivity contribution is -0.129. The third kappa shape index (κ3) is 3.38. The number of nitrogens with zero attached hydrogens (tertiary/aromatic N) is 2. The Hall–Kier alpha value is -3.64. The van der Waals surface area contributed by atoms with Crippen molar-refractivity contribution < 1.29 is 14.4 Å². The Balaban J connectivity index is 1.65. The van der Waals surface area contributed by atoms with Crippen molar-refractivity contribution in [2.75, 3.05) is 10.2 Å². The van der Waals surface area contributed by atoms with E-state index in [9.17, 15) is 14.4 Å². The number of anilines is 2. The van der Waals surface area contributed by atoms with Gasteiger partial charge in [-0.15, -0.1) is 0 Å². The summed E-state index contributed by atoms with van der Waals surface area (Å²) in [6.07, 6.45) is 0.343. The van der Waals surface area contributed by atoms with E-state index in [1.165, 1.54) is 9.80 Å². The number of para-hydroxylation sites is 1. The van der Waals surface area contributed by atoms with E-state index in [0.717, 1.165) is 11.1 Å². The molecule has 166 valence electrons. The zero-order valence-electron chi connectivity index (χ0n) is 18.0. The molecular formula is C26H22ClN3O3. The van der Waals surface area contributed by atoms with E-state index < -0.39 is 11.6 Å². The molecule has 1 saturated heterocycles. The molecule has 2 aliphatic heterocycles. The molecule has 3 aromatic carbocycles. The van der Waals surface area contributed by atoms with Crippen LogP contribution in [0.5, 0.6) is 0 Å². The number of hydrogen-bond acceptors (Lipinski definition) is 3. The first kappa shape index (κ1) is 21.2. The van der Waals surface area contributed by atoms with Gasteiger partial charge in [-0.3, -0.25) is 19.3 Å². The van der Waals surface area contributed by atoms with Crippen LogP contribution in [0.15, 0.2) is 72.8 Å². The molecule has 1 N–H and O–H groups in total. The number of amides is 3. The lowest BCUT2D eigenvalue weighted by Crippen LogP contribution is -2.69. The van der Waals surface area contributed by atoms with Gasteiger partial charge in [0.05, 0.1) is 22.0 Å². The Labute approximate surface area is 196 Å². The van der Waals surface area contributed by atoms with Gasteiger partial charge < -0.3 is 10.2 Å². The van der Waals surface area contributed by atoms with E-state index in [-0.39, 0.29) is 31.2 Å². The van der Waals surface area contributed by atoms with E-state index in [1.54, 1.807) is 36.4 Å². The fraction of sp³-hybridized carbons (Fsp3) is 0.192. The minimum Gasteiger partial charge on any atom is -0.321 e. The summed E-state index contributed by atoms with van der Waals surface area (Å²) in [7, 11) is 0. The van der Waals surface area contributed by atoms with Crippen LogP contribution in [0.25, 0.3) is 0 Å². The quantitative estimate of drug-likeness (QED) is 0.611. The molecule has 5 rings (SSSR count). The first-order chi connectivity index (χ1) is 15.9. The number of fused-ring (bicyclic) bond motifs is 3. The summed E-state index contributed by atoms with van der Waals surface area (Å²) in [6, 6.07) is 21.7. The van der Waals surface area contributed by atoms with Crippen molar-refractivity contribution >= 4 is 40.7 Å². The number of aryl methyl sites for hydroxylation is 1. The minimum absolute atomic E-state index is 0.155. The number of benzene rings is 3. The van der Waals surface area contributed by atoms with Crippen molar-refractivity contribution in [3.63, 3.8) is 0 Å². The van der Waals surface area contributed by atoms with E-state index in [4.69, 9.17) is 11.6 Å². The first-order valence-electron chi connectivity index (χ1n) is 10.8. The molecule has 0 radical (unpaired) electrons. The van der Waals surface area contributed by atoms with Crippen LogP contribution in [0.2, 0.25) is 5.02 Å². The van der Waals surface area contributed by atoms with Gasteiger partial charge in [0.1, 0.15) is 0 Å². The summed E-state index contributed by atoms with van der Waals surface area (Å²) in [5.41, 5.74) is 1.63. The zero-order chi connectivity index (χ0) is 23.2. The number of hydrogen-bond donors (Lipinski definition) is 1. The third-order valence-electron chi connectivity index (χ3n) is 6.29. The van der Waals surface area contributed by atoms with E-state index in [0.29, 0.717) is 22.0 Å². The number of halogens is 1. The molecule has 33 heavy (non-hydrogen) atoms. The molecule has 1 fully saturated rings. The summed E-state index contributed by atoms with van der Waals surface area (Å²) in [4.78, 5) is 43.8. The van der Waals surface area contributed by atoms with Crippen molar-refractivity contribution in [3.8, 4) is 0 Å². The number of carbonyl (C=O) groups excluding carboxylic acids is 3. The standard InChI is InChI=1S/C26H22ClN3O3/c1-17-11-12-21(20(27)15-17)28-25(33)26-14-13-23(31)30(26)22-10-6-5-9-19(22)24(32)29(26)16-18-7-3-2-4-8-18/h2-12,15H,13-14,16H2,1H3,(H,28,33)/t26-/m0/s1. The van der Waals surface area contributed by atoms with Crippen molar-refractivity contribution in [1.29, 1.82) is 0 Å². The third-order valence-corrected chi connectivity index (χ3v) is 6.61. The smallest absolute Gasteiger partial charge is 0.271 e. The molecule has 0 aromatic heterocycles. The molecule has 7 heteroatoms. The van der Waals surface area contributed by atoms with Crippen molar-refractivity contribution in [3.05, 3.63) is 94.5 Å². The maximum Gasteiger partial charge on any atom is 0.271 e. The lowest BCUT2D eigenvalue weighted by atomic mass is 9.94. The monoisotopic (exact) mass is 459 g/mol. The van der Waals surface area contributed by atoms with Crippen LogP contribution in [-0.2, 0) is 16.1 Å². The SMILES string of the molecule is Cc1ccc(NC(=O)[C@]23CCC(=O)N2c2ccccc2C(=O)N3Cc2ccccc2)c(Cl)c1. The van der Waals surface area contributed by atoms with Crippen molar-refractivity contribution in [2.24, 2.45) is 0 Å². The maximum atomic E-state index is 14.0. The fourth-order valence-electron chi connectivity index (χ4n) is 4.71. The van der Waals surface area contributed by atoms with Gasteiger partial charge in [0.2, 0.25) is 11.6 Å². The Morgan fingerprint density at radius 2 is 1.76 bits per heavy atom. The second-order valence-electron chi connectivity index (χ2n) is 8.38. The molecule has 0 spiro atoms. The molecule has 3 aromatic rings. The average molecular weight is 460 g/mol. The van der Waals surface area contributed by atoms with Crippen molar-refractivity contribution in [2.45, 2.75) is 32.0 Å². The summed E-state index contributed by atoms with van der Waals surface area (Å²) < 4.78 is 0. The highest BCUT2D eigenvalue weighted by molar-refractivity contribution is 6.34. The van der Waals surface area contributed by atoms with Gasteiger partial charge in [-0.25, -0.2) is 0 Å². The molecule has 0 bridgehead atoms. The van der Waals surface area contributed by atoms with Crippen molar-refractivity contribution in [1.82, 2.24) is 4.90 Å². The second-order valence-corrected chi connectivity index (χ2v) is 8.78. The molecule has 1 atom stereocenters. The number of rotatable bonds is 4. The van der Waals surface area contributed by atoms with Gasteiger partial charge >= 0.3 is 0 Å². The predicted octanol–water partition coefficient (Wildman–Crippen LogP) is 4.77. The average Bonchev–Trinajstić information content (AvgIpc) is 3.17. The van der Waals surface area contributed by atoms with E-state index >= 15 is 0 Å². The van der Waals surface area contributed by atoms with Crippen LogP contribution in [0.1, 0.15) is 34.3 Å². The highest BCUT2D eigenvalue weighted by atomic mass is 35.5. The van der Waals surface area contributed by atoms with E-state index in [1.807, 2.05) is 43.3 Å². The summed E-state index contributed by atoms with van der Waals surface area (Å²) >= 11 is 6.38. The molecule has 2 aliphatic rings. The molecule has 3 amide bonds. The molecule has 0 aliphatic carbocycles. The fourth-order valence-corrected chi connectivity index (χ4v) is 5.00. The van der Waals surface area contributed by atoms with Gasteiger partial charge in [0.15, 0.2) is 0 Å². The lowest BCUT2D eigenvalue weighted by Gasteiger charge is -2.49. The Morgan fingerprint density at radius 1 is 1.03 bits per heavy atom. The minimum atomic E-state index is -1.49. The topological polar surface area (TPSA) is 69.7 Å². The summed E-state index contributed by atoms with van der Waals surface area (Å²) in [5, 5.41) is 3.29. The normalized spacial score (nSPS) is 19.3. The van der Waals surface area contributed by atoms with Gasteiger partial charge in [-0.1, -0.05) is 60.1 Å². The number of carbonyl (C=O) groups is 3. The molecule has 6 nitrogen and oxygen atoms in total. The van der Waals surface area contributed by atoms with Crippen LogP contribution in [0.4, 0.5) is 11.4 Å². The second kappa shape index (κ2) is 8.05. The predicted molar refractivity (Wildman–Crippen MR) is 127 cm³/mol. The van der Waals surface area contributed by atoms with Crippen LogP contribution in [0.3, 0.4) is 0 Å². The summed E-state index contributed by atoms with van der Waals surface area (Å²) in [6.45, 7) is 2.10. The van der Waals surface area contributed by atoms with Gasteiger partial charge in [-0.05, 0) is 42.3 Å². The van der Waals surface area contributed by atoms with Crippen LogP contribution >= 0.6 is 11.6 Å². The van der Waals surface area contributed by atoms with Gasteiger partial charge in [-0.2, -0.15) is 0 Å². The largest absolute Gasteiger partial charge is 0.321 e. The van der Waals surface area contributed by atoms with Crippen LogP contribution in [-0.4, -0.2) is 28.3 Å². The maximum absolute atomic E-state index is 14.0. The Bertz CT molecular complexity index is 1280. The first-order valence-corrected chi connectivity index (χ1v) is 11.2. The van der Waals surface area contributed by atoms with E-state index in [2.05, 4.69) is 5.32 Å². The molecule has 0 unspecified atom stereocenters. The van der Waals surface area contributed by atoms with Gasteiger partial charge in [0.25, 0.3) is 11.8 Å². The zero-order valence-corrected chi connectivity index (χ0v) is 18.8.